The molecule has 0 bridgehead atoms. The summed E-state index contributed by atoms with van der Waals surface area (Å²) in [6.07, 6.45) is 0.675. The molecule has 29 heavy (non-hydrogen) atoms. The number of rotatable bonds is 2. The van der Waals surface area contributed by atoms with Crippen molar-refractivity contribution in [3.8, 4) is 5.69 Å². The number of nitrogens with zero attached hydrogens (tertiary/aromatic N) is 3. The number of thiazole rings is 1. The van der Waals surface area contributed by atoms with Crippen molar-refractivity contribution in [1.82, 2.24) is 9.47 Å². The van der Waals surface area contributed by atoms with Crippen molar-refractivity contribution in [3.63, 3.8) is 0 Å². The lowest BCUT2D eigenvalue weighted by atomic mass is 10.1. The van der Waals surface area contributed by atoms with E-state index < -0.39 is 29.7 Å². The molecule has 5 nitrogen and oxygen atoms in total. The number of urea groups is 1. The zero-order valence-electron chi connectivity index (χ0n) is 14.9. The normalized spacial score (nSPS) is 17.5. The lowest BCUT2D eigenvalue weighted by molar-refractivity contribution is 0.213. The second-order valence-corrected chi connectivity index (χ2v) is 7.71. The van der Waals surface area contributed by atoms with Gasteiger partial charge in [0.15, 0.2) is 16.4 Å². The first-order valence-electron chi connectivity index (χ1n) is 8.75. The van der Waals surface area contributed by atoms with Crippen LogP contribution in [0.25, 0.3) is 16.5 Å². The molecule has 0 saturated carbocycles. The summed E-state index contributed by atoms with van der Waals surface area (Å²) in [4.78, 5) is 18.3. The van der Waals surface area contributed by atoms with Gasteiger partial charge in [-0.3, -0.25) is 4.57 Å². The molecule has 0 radical (unpaired) electrons. The molecular formula is C19H15F4N3O2S. The summed E-state index contributed by atoms with van der Waals surface area (Å²) in [5.74, 6) is -3.37. The minimum atomic E-state index is -1.29. The van der Waals surface area contributed by atoms with E-state index in [0.717, 1.165) is 11.3 Å². The van der Waals surface area contributed by atoms with Crippen molar-refractivity contribution in [2.75, 3.05) is 13.1 Å². The van der Waals surface area contributed by atoms with E-state index in [2.05, 4.69) is 4.99 Å². The molecular weight excluding hydrogens is 410 g/mol. The molecule has 1 N–H and O–H groups in total. The molecule has 152 valence electrons. The highest BCUT2D eigenvalue weighted by molar-refractivity contribution is 7.09. The van der Waals surface area contributed by atoms with E-state index in [4.69, 9.17) is 0 Å². The molecule has 10 heteroatoms. The van der Waals surface area contributed by atoms with Crippen LogP contribution in [0.2, 0.25) is 0 Å². The van der Waals surface area contributed by atoms with Crippen molar-refractivity contribution in [2.24, 2.45) is 4.99 Å². The van der Waals surface area contributed by atoms with Crippen LogP contribution >= 0.6 is 11.3 Å². The Morgan fingerprint density at radius 2 is 2.00 bits per heavy atom. The average molecular weight is 425 g/mol. The lowest BCUT2D eigenvalue weighted by Crippen LogP contribution is -2.28. The third-order valence-corrected chi connectivity index (χ3v) is 5.66. The zero-order valence-corrected chi connectivity index (χ0v) is 15.7. The quantitative estimate of drug-likeness (QED) is 0.503. The van der Waals surface area contributed by atoms with E-state index in [9.17, 15) is 27.5 Å². The molecule has 0 aliphatic carbocycles. The Morgan fingerprint density at radius 3 is 2.69 bits per heavy atom. The summed E-state index contributed by atoms with van der Waals surface area (Å²) in [6, 6.07) is 3.81. The van der Waals surface area contributed by atoms with E-state index in [1.54, 1.807) is 0 Å². The molecule has 0 spiro atoms. The number of carbonyl (C=O) groups excluding carboxylic acids is 1. The van der Waals surface area contributed by atoms with E-state index in [1.807, 2.05) is 0 Å². The molecule has 4 rings (SSSR count). The largest absolute Gasteiger partial charge is 0.391 e. The molecule has 1 saturated heterocycles. The fourth-order valence-corrected chi connectivity index (χ4v) is 4.06. The topological polar surface area (TPSA) is 57.8 Å². The van der Waals surface area contributed by atoms with Crippen molar-refractivity contribution in [1.29, 1.82) is 0 Å². The van der Waals surface area contributed by atoms with E-state index in [-0.39, 0.29) is 41.7 Å². The van der Waals surface area contributed by atoms with Crippen LogP contribution in [0.1, 0.15) is 11.3 Å². The summed E-state index contributed by atoms with van der Waals surface area (Å²) in [7, 11) is 0. The van der Waals surface area contributed by atoms with Gasteiger partial charge < -0.3 is 10.0 Å². The minimum absolute atomic E-state index is 0.0351. The number of likely N-dealkylation sites (tertiary alicyclic amines) is 1. The van der Waals surface area contributed by atoms with Crippen LogP contribution in [0.3, 0.4) is 0 Å². The van der Waals surface area contributed by atoms with Crippen LogP contribution in [0.15, 0.2) is 35.5 Å². The number of alkyl halides is 1. The van der Waals surface area contributed by atoms with Gasteiger partial charge >= 0.3 is 6.03 Å². The first-order chi connectivity index (χ1) is 13.9. The van der Waals surface area contributed by atoms with Gasteiger partial charge in [-0.05, 0) is 24.6 Å². The lowest BCUT2D eigenvalue weighted by Gasteiger charge is -2.11. The summed E-state index contributed by atoms with van der Waals surface area (Å²) < 4.78 is 56.4. The zero-order chi connectivity index (χ0) is 20.7. The number of hydrogen-bond acceptors (Lipinski definition) is 3. The standard InChI is InChI=1S/C19H15F4N3O2S/c20-10-3-4-25(7-10)18(28)24-19-26(8-12(9-27)29-19)11-1-2-13-14(5-11)15(21)6-16(22)17(13)23/h1-2,5-6,8,10,27H,3-4,7,9H2/b24-19-/t10-/m1/s1. The molecule has 1 fully saturated rings. The third kappa shape index (κ3) is 3.65. The maximum atomic E-state index is 14.2. The molecule has 2 aromatic carbocycles. The predicted octanol–water partition coefficient (Wildman–Crippen LogP) is 3.67. The molecule has 1 atom stereocenters. The van der Waals surface area contributed by atoms with Crippen LogP contribution in [0.4, 0.5) is 22.4 Å². The smallest absolute Gasteiger partial charge is 0.346 e. The fourth-order valence-electron chi connectivity index (χ4n) is 3.22. The van der Waals surface area contributed by atoms with Crippen LogP contribution in [0, 0.1) is 17.5 Å². The Morgan fingerprint density at radius 1 is 1.21 bits per heavy atom. The highest BCUT2D eigenvalue weighted by Crippen LogP contribution is 2.26. The predicted molar refractivity (Wildman–Crippen MR) is 99.0 cm³/mol. The fraction of sp³-hybridized carbons (Fsp3) is 0.263. The molecule has 1 aliphatic rings. The highest BCUT2D eigenvalue weighted by atomic mass is 32.1. The van der Waals surface area contributed by atoms with Crippen LogP contribution < -0.4 is 4.80 Å². The SMILES string of the molecule is O=C(/N=c1\sc(CO)cn1-c1ccc2c(F)c(F)cc(F)c2c1)N1CC[C@@H](F)C1. The van der Waals surface area contributed by atoms with Gasteiger partial charge in [-0.25, -0.2) is 22.4 Å². The van der Waals surface area contributed by atoms with Crippen molar-refractivity contribution in [2.45, 2.75) is 19.2 Å². The van der Waals surface area contributed by atoms with Gasteiger partial charge in [0.2, 0.25) is 0 Å². The molecule has 1 aromatic heterocycles. The average Bonchev–Trinajstić information content (AvgIpc) is 3.32. The Balaban J connectivity index is 1.82. The van der Waals surface area contributed by atoms with Crippen molar-refractivity contribution >= 4 is 28.1 Å². The van der Waals surface area contributed by atoms with Crippen LogP contribution in [0.5, 0.6) is 0 Å². The van der Waals surface area contributed by atoms with Gasteiger partial charge in [0.05, 0.1) is 18.0 Å². The van der Waals surface area contributed by atoms with Gasteiger partial charge in [0.1, 0.15) is 12.0 Å². The first kappa shape index (κ1) is 19.6. The van der Waals surface area contributed by atoms with Gasteiger partial charge in [-0.1, -0.05) is 11.3 Å². The Kier molecular flexibility index (Phi) is 5.13. The van der Waals surface area contributed by atoms with Crippen molar-refractivity contribution < 1.29 is 27.5 Å². The maximum Gasteiger partial charge on any atom is 0.346 e. The van der Waals surface area contributed by atoms with Gasteiger partial charge in [-0.2, -0.15) is 4.99 Å². The summed E-state index contributed by atoms with van der Waals surface area (Å²) in [5, 5.41) is 9.09. The summed E-state index contributed by atoms with van der Waals surface area (Å²) in [5.41, 5.74) is 0.342. The maximum absolute atomic E-state index is 14.2. The van der Waals surface area contributed by atoms with Gasteiger partial charge in [0.25, 0.3) is 0 Å². The highest BCUT2D eigenvalue weighted by Gasteiger charge is 2.25. The second kappa shape index (κ2) is 7.60. The van der Waals surface area contributed by atoms with Gasteiger partial charge in [-0.15, -0.1) is 0 Å². The number of benzene rings is 2. The van der Waals surface area contributed by atoms with E-state index in [0.29, 0.717) is 16.6 Å². The molecule has 0 unspecified atom stereocenters. The van der Waals surface area contributed by atoms with Gasteiger partial charge in [0, 0.05) is 35.3 Å². The molecule has 2 heterocycles. The number of aliphatic hydroxyl groups is 1. The Labute approximate surface area is 166 Å². The molecule has 2 amide bonds. The molecule has 3 aromatic rings. The second-order valence-electron chi connectivity index (χ2n) is 6.62. The number of carbonyl (C=O) groups is 1. The first-order valence-corrected chi connectivity index (χ1v) is 9.56. The Bertz CT molecular complexity index is 1170. The number of amides is 2. The number of aromatic nitrogens is 1. The van der Waals surface area contributed by atoms with Crippen LogP contribution in [-0.4, -0.2) is 39.9 Å². The summed E-state index contributed by atoms with van der Waals surface area (Å²) >= 11 is 1.03. The van der Waals surface area contributed by atoms with Crippen LogP contribution in [-0.2, 0) is 6.61 Å². The third-order valence-electron chi connectivity index (χ3n) is 4.69. The van der Waals surface area contributed by atoms with Crippen molar-refractivity contribution in [3.05, 3.63) is 57.6 Å². The Hall–Kier alpha value is -2.72. The number of fused-ring (bicyclic) bond motifs is 1. The van der Waals surface area contributed by atoms with E-state index >= 15 is 0 Å². The number of halogens is 4. The number of aliphatic hydroxyl groups excluding tert-OH is 1. The number of hydrogen-bond donors (Lipinski definition) is 1. The monoisotopic (exact) mass is 425 g/mol. The minimum Gasteiger partial charge on any atom is -0.391 e. The summed E-state index contributed by atoms with van der Waals surface area (Å²) in [6.45, 7) is -0.0905. The molecule has 1 aliphatic heterocycles. The van der Waals surface area contributed by atoms with E-state index in [1.165, 1.54) is 33.9 Å².